The minimum Gasteiger partial charge on any atom is -0.360 e. The first-order valence-corrected chi connectivity index (χ1v) is 9.79. The number of para-hydroxylation sites is 2. The number of thioether (sulfide) groups is 1. The number of nitrogens with zero attached hydrogens (tertiary/aromatic N) is 3. The summed E-state index contributed by atoms with van der Waals surface area (Å²) in [4.78, 5) is 26.5. The minimum atomic E-state index is -0.205. The van der Waals surface area contributed by atoms with Crippen LogP contribution in [0.5, 0.6) is 0 Å². The molecule has 1 aromatic carbocycles. The van der Waals surface area contributed by atoms with Gasteiger partial charge in [-0.05, 0) is 26.0 Å². The SMILES string of the molecule is CCNc1nnc(SCC(=O)N2c3ccccc3NC(=O)C[C@@H]2C)s1. The maximum atomic E-state index is 12.8. The molecule has 9 heteroatoms. The molecule has 0 bridgehead atoms. The second-order valence-corrected chi connectivity index (χ2v) is 7.77. The van der Waals surface area contributed by atoms with Crippen LogP contribution in [0.1, 0.15) is 20.3 Å². The van der Waals surface area contributed by atoms with Crippen molar-refractivity contribution in [1.82, 2.24) is 10.2 Å². The Hall–Kier alpha value is -2.13. The Kier molecular flexibility index (Phi) is 5.54. The highest BCUT2D eigenvalue weighted by molar-refractivity contribution is 8.01. The number of amides is 2. The molecule has 0 aliphatic carbocycles. The van der Waals surface area contributed by atoms with Crippen molar-refractivity contribution >= 4 is 51.4 Å². The molecular formula is C16H19N5O2S2. The zero-order chi connectivity index (χ0) is 17.8. The smallest absolute Gasteiger partial charge is 0.237 e. The summed E-state index contributed by atoms with van der Waals surface area (Å²) in [5, 5.41) is 14.8. The van der Waals surface area contributed by atoms with Gasteiger partial charge in [0.05, 0.1) is 17.1 Å². The van der Waals surface area contributed by atoms with Gasteiger partial charge in [-0.15, -0.1) is 10.2 Å². The summed E-state index contributed by atoms with van der Waals surface area (Å²) in [6.07, 6.45) is 0.272. The van der Waals surface area contributed by atoms with E-state index < -0.39 is 0 Å². The Balaban J connectivity index is 1.74. The lowest BCUT2D eigenvalue weighted by Crippen LogP contribution is -2.40. The molecule has 1 aliphatic heterocycles. The third-order valence-corrected chi connectivity index (χ3v) is 5.68. The van der Waals surface area contributed by atoms with Crippen LogP contribution in [0.15, 0.2) is 28.6 Å². The van der Waals surface area contributed by atoms with E-state index in [0.717, 1.165) is 21.7 Å². The van der Waals surface area contributed by atoms with Crippen LogP contribution in [0.3, 0.4) is 0 Å². The number of rotatable bonds is 5. The fraction of sp³-hybridized carbons (Fsp3) is 0.375. The fourth-order valence-electron chi connectivity index (χ4n) is 2.65. The first-order chi connectivity index (χ1) is 12.1. The molecule has 0 fully saturated rings. The predicted octanol–water partition coefficient (Wildman–Crippen LogP) is 2.83. The van der Waals surface area contributed by atoms with Crippen molar-refractivity contribution in [2.75, 3.05) is 27.8 Å². The summed E-state index contributed by atoms with van der Waals surface area (Å²) in [6, 6.07) is 7.17. The zero-order valence-corrected chi connectivity index (χ0v) is 15.6. The normalized spacial score (nSPS) is 16.8. The molecule has 0 radical (unpaired) electrons. The largest absolute Gasteiger partial charge is 0.360 e. The minimum absolute atomic E-state index is 0.0540. The summed E-state index contributed by atoms with van der Waals surface area (Å²) >= 11 is 2.79. The molecule has 0 unspecified atom stereocenters. The van der Waals surface area contributed by atoms with E-state index in [4.69, 9.17) is 0 Å². The van der Waals surface area contributed by atoms with Crippen molar-refractivity contribution in [1.29, 1.82) is 0 Å². The number of carbonyl (C=O) groups excluding carboxylic acids is 2. The molecule has 0 spiro atoms. The summed E-state index contributed by atoms with van der Waals surface area (Å²) in [5.74, 6) is 0.108. The van der Waals surface area contributed by atoms with E-state index in [1.807, 2.05) is 38.1 Å². The molecule has 1 aromatic heterocycles. The van der Waals surface area contributed by atoms with Crippen LogP contribution in [0, 0.1) is 0 Å². The second kappa shape index (κ2) is 7.83. The Morgan fingerprint density at radius 3 is 3.04 bits per heavy atom. The van der Waals surface area contributed by atoms with E-state index >= 15 is 0 Å². The number of hydrogen-bond acceptors (Lipinski definition) is 7. The lowest BCUT2D eigenvalue weighted by atomic mass is 10.2. The molecule has 0 saturated carbocycles. The van der Waals surface area contributed by atoms with Gasteiger partial charge in [-0.1, -0.05) is 35.2 Å². The van der Waals surface area contributed by atoms with Crippen molar-refractivity contribution in [2.45, 2.75) is 30.6 Å². The Bertz CT molecular complexity index is 779. The quantitative estimate of drug-likeness (QED) is 0.779. The van der Waals surface area contributed by atoms with Crippen LogP contribution >= 0.6 is 23.1 Å². The highest BCUT2D eigenvalue weighted by atomic mass is 32.2. The molecule has 1 aliphatic rings. The third-order valence-electron chi connectivity index (χ3n) is 3.68. The van der Waals surface area contributed by atoms with Crippen LogP contribution in [0.25, 0.3) is 0 Å². The Morgan fingerprint density at radius 2 is 2.24 bits per heavy atom. The Labute approximate surface area is 154 Å². The van der Waals surface area contributed by atoms with Crippen molar-refractivity contribution < 1.29 is 9.59 Å². The highest BCUT2D eigenvalue weighted by Crippen LogP contribution is 2.33. The van der Waals surface area contributed by atoms with Crippen LogP contribution < -0.4 is 15.5 Å². The summed E-state index contributed by atoms with van der Waals surface area (Å²) < 4.78 is 0.745. The number of fused-ring (bicyclic) bond motifs is 1. The summed E-state index contributed by atoms with van der Waals surface area (Å²) in [7, 11) is 0. The van der Waals surface area contributed by atoms with Crippen molar-refractivity contribution in [3.8, 4) is 0 Å². The monoisotopic (exact) mass is 377 g/mol. The number of carbonyl (C=O) groups is 2. The predicted molar refractivity (Wildman–Crippen MR) is 101 cm³/mol. The first-order valence-electron chi connectivity index (χ1n) is 7.99. The molecule has 0 saturated heterocycles. The molecule has 2 N–H and O–H groups in total. The molecule has 2 amide bonds. The van der Waals surface area contributed by atoms with Crippen molar-refractivity contribution in [2.24, 2.45) is 0 Å². The zero-order valence-electron chi connectivity index (χ0n) is 14.0. The third kappa shape index (κ3) is 4.10. The van der Waals surface area contributed by atoms with E-state index in [2.05, 4.69) is 20.8 Å². The lowest BCUT2D eigenvalue weighted by Gasteiger charge is -2.27. The van der Waals surface area contributed by atoms with Gasteiger partial charge in [-0.3, -0.25) is 9.59 Å². The van der Waals surface area contributed by atoms with Gasteiger partial charge < -0.3 is 15.5 Å². The number of aromatic nitrogens is 2. The molecule has 2 aromatic rings. The first kappa shape index (κ1) is 17.7. The average molecular weight is 377 g/mol. The van der Waals surface area contributed by atoms with Gasteiger partial charge in [0.1, 0.15) is 0 Å². The molecule has 1 atom stereocenters. The molecule has 7 nitrogen and oxygen atoms in total. The summed E-state index contributed by atoms with van der Waals surface area (Å²) in [5.41, 5.74) is 1.40. The van der Waals surface area contributed by atoms with Crippen LogP contribution in [0.2, 0.25) is 0 Å². The van der Waals surface area contributed by atoms with Crippen LogP contribution in [0.4, 0.5) is 16.5 Å². The van der Waals surface area contributed by atoms with E-state index in [-0.39, 0.29) is 30.0 Å². The fourth-order valence-corrected chi connectivity index (χ4v) is 4.33. The Morgan fingerprint density at radius 1 is 1.44 bits per heavy atom. The molecular weight excluding hydrogens is 358 g/mol. The van der Waals surface area contributed by atoms with Gasteiger partial charge in [0.15, 0.2) is 4.34 Å². The van der Waals surface area contributed by atoms with Crippen molar-refractivity contribution in [3.63, 3.8) is 0 Å². The van der Waals surface area contributed by atoms with Crippen molar-refractivity contribution in [3.05, 3.63) is 24.3 Å². The van der Waals surface area contributed by atoms with E-state index in [0.29, 0.717) is 5.69 Å². The van der Waals surface area contributed by atoms with Crippen LogP contribution in [-0.2, 0) is 9.59 Å². The summed E-state index contributed by atoms with van der Waals surface area (Å²) in [6.45, 7) is 4.66. The molecule has 132 valence electrons. The average Bonchev–Trinajstić information content (AvgIpc) is 2.97. The second-order valence-electron chi connectivity index (χ2n) is 5.57. The number of benzene rings is 1. The molecule has 3 rings (SSSR count). The maximum Gasteiger partial charge on any atom is 0.237 e. The number of nitrogens with one attached hydrogen (secondary N) is 2. The number of anilines is 3. The van der Waals surface area contributed by atoms with Gasteiger partial charge in [0.2, 0.25) is 16.9 Å². The molecule has 25 heavy (non-hydrogen) atoms. The van der Waals surface area contributed by atoms with Gasteiger partial charge in [0, 0.05) is 19.0 Å². The van der Waals surface area contributed by atoms with E-state index in [9.17, 15) is 9.59 Å². The van der Waals surface area contributed by atoms with Gasteiger partial charge in [-0.25, -0.2) is 0 Å². The standard InChI is InChI=1S/C16H19N5O2S2/c1-3-17-15-19-20-16(25-15)24-9-14(23)21-10(2)8-13(22)18-11-6-4-5-7-12(11)21/h4-7,10H,3,8-9H2,1-2H3,(H,17,19)(H,18,22)/t10-/m0/s1. The molecule has 2 heterocycles. The number of hydrogen-bond donors (Lipinski definition) is 2. The van der Waals surface area contributed by atoms with Gasteiger partial charge in [0.25, 0.3) is 0 Å². The van der Waals surface area contributed by atoms with E-state index in [1.54, 1.807) is 4.90 Å². The topological polar surface area (TPSA) is 87.2 Å². The maximum absolute atomic E-state index is 12.8. The highest BCUT2D eigenvalue weighted by Gasteiger charge is 2.29. The van der Waals surface area contributed by atoms with Gasteiger partial charge >= 0.3 is 0 Å². The van der Waals surface area contributed by atoms with E-state index in [1.165, 1.54) is 23.1 Å². The lowest BCUT2D eigenvalue weighted by molar-refractivity contribution is -0.117. The van der Waals surface area contributed by atoms with Gasteiger partial charge in [-0.2, -0.15) is 0 Å². The van der Waals surface area contributed by atoms with Crippen LogP contribution in [-0.4, -0.2) is 40.4 Å².